The summed E-state index contributed by atoms with van der Waals surface area (Å²) in [4.78, 5) is 0. The fraction of sp³-hybridized carbons (Fsp3) is 1.00. The zero-order chi connectivity index (χ0) is 6.10. The molecule has 2 N–H and O–H groups in total. The Morgan fingerprint density at radius 3 is 2.73 bits per heavy atom. The topological polar surface area (TPSA) is 33.3 Å². The highest BCUT2D eigenvalue weighted by molar-refractivity contribution is 5.85. The van der Waals surface area contributed by atoms with Crippen LogP contribution in [0.4, 0.5) is 0 Å². The maximum absolute atomic E-state index is 5.48. The first-order valence-corrected chi connectivity index (χ1v) is 3.52. The van der Waals surface area contributed by atoms with Crippen molar-refractivity contribution in [3.05, 3.63) is 0 Å². The zero-order valence-corrected chi connectivity index (χ0v) is 7.84. The highest BCUT2D eigenvalue weighted by Gasteiger charge is 2.29. The molecule has 0 spiro atoms. The second-order valence-electron chi connectivity index (χ2n) is 2.63. The van der Waals surface area contributed by atoms with Gasteiger partial charge in [0.1, 0.15) is 0 Å². The molecule has 3 nitrogen and oxygen atoms in total. The molecule has 0 aromatic heterocycles. The van der Waals surface area contributed by atoms with Crippen molar-refractivity contribution in [2.45, 2.75) is 12.1 Å². The molecule has 2 aliphatic heterocycles. The van der Waals surface area contributed by atoms with Crippen LogP contribution in [0.5, 0.6) is 0 Å². The Labute approximate surface area is 79.1 Å². The minimum Gasteiger partial charge on any atom is -0.374 e. The third kappa shape index (κ3) is 2.46. The van der Waals surface area contributed by atoms with E-state index in [0.717, 1.165) is 26.2 Å². The molecule has 0 aromatic carbocycles. The van der Waals surface area contributed by atoms with Gasteiger partial charge in [-0.05, 0) is 0 Å². The summed E-state index contributed by atoms with van der Waals surface area (Å²) in [5.74, 6) is 0. The van der Waals surface area contributed by atoms with E-state index >= 15 is 0 Å². The normalized spacial score (nSPS) is 34.9. The molecule has 0 aliphatic carbocycles. The van der Waals surface area contributed by atoms with Crippen molar-refractivity contribution in [3.63, 3.8) is 0 Å². The van der Waals surface area contributed by atoms with E-state index in [4.69, 9.17) is 4.74 Å². The molecule has 0 aromatic rings. The van der Waals surface area contributed by atoms with Crippen molar-refractivity contribution in [3.8, 4) is 0 Å². The van der Waals surface area contributed by atoms with Gasteiger partial charge in [-0.1, -0.05) is 0 Å². The number of hydrogen-bond acceptors (Lipinski definition) is 3. The van der Waals surface area contributed by atoms with Crippen LogP contribution in [0.3, 0.4) is 0 Å². The summed E-state index contributed by atoms with van der Waals surface area (Å²) in [6.07, 6.45) is 0.443. The van der Waals surface area contributed by atoms with Gasteiger partial charge in [0.25, 0.3) is 0 Å². The average Bonchev–Trinajstić information content (AvgIpc) is 2.33. The van der Waals surface area contributed by atoms with Gasteiger partial charge in [-0.2, -0.15) is 0 Å². The molecule has 2 rings (SSSR count). The molecule has 2 atom stereocenters. The van der Waals surface area contributed by atoms with E-state index in [9.17, 15) is 0 Å². The summed E-state index contributed by atoms with van der Waals surface area (Å²) in [6.45, 7) is 3.99. The number of halogens is 2. The van der Waals surface area contributed by atoms with Crippen molar-refractivity contribution in [1.82, 2.24) is 10.6 Å². The minimum absolute atomic E-state index is 0. The molecule has 2 fully saturated rings. The van der Waals surface area contributed by atoms with Crippen LogP contribution in [0, 0.1) is 0 Å². The van der Waals surface area contributed by atoms with E-state index in [0.29, 0.717) is 12.1 Å². The van der Waals surface area contributed by atoms with Crippen LogP contribution in [0.2, 0.25) is 0 Å². The number of morpholine rings is 1. The van der Waals surface area contributed by atoms with Crippen molar-refractivity contribution < 1.29 is 4.74 Å². The van der Waals surface area contributed by atoms with Crippen LogP contribution in [0.1, 0.15) is 0 Å². The maximum Gasteiger partial charge on any atom is 0.0865 e. The van der Waals surface area contributed by atoms with Crippen LogP contribution >= 0.6 is 24.8 Å². The van der Waals surface area contributed by atoms with Crippen molar-refractivity contribution in [2.75, 3.05) is 26.2 Å². The SMILES string of the molecule is C1CO[C@H]2CNC[C@H]2N1.Cl.Cl. The first kappa shape index (κ1) is 11.5. The Kier molecular flexibility index (Phi) is 5.38. The summed E-state index contributed by atoms with van der Waals surface area (Å²) < 4.78 is 5.48. The summed E-state index contributed by atoms with van der Waals surface area (Å²) in [5.41, 5.74) is 0. The molecule has 2 heterocycles. The van der Waals surface area contributed by atoms with E-state index < -0.39 is 0 Å². The van der Waals surface area contributed by atoms with Crippen molar-refractivity contribution >= 4 is 24.8 Å². The minimum atomic E-state index is 0. The average molecular weight is 201 g/mol. The molecule has 0 bridgehead atoms. The van der Waals surface area contributed by atoms with Gasteiger partial charge < -0.3 is 15.4 Å². The Morgan fingerprint density at radius 2 is 2.00 bits per heavy atom. The van der Waals surface area contributed by atoms with Crippen molar-refractivity contribution in [1.29, 1.82) is 0 Å². The molecule has 5 heteroatoms. The standard InChI is InChI=1S/C6H12N2O.2ClH/c1-2-9-6-4-7-3-5(6)8-1;;/h5-8H,1-4H2;2*1H/t5-,6+;;/m1../s1. The molecule has 0 saturated carbocycles. The molecule has 11 heavy (non-hydrogen) atoms. The number of ether oxygens (including phenoxy) is 1. The predicted octanol–water partition coefficient (Wildman–Crippen LogP) is -0.210. The Balaban J connectivity index is 0.000000500. The summed E-state index contributed by atoms with van der Waals surface area (Å²) in [6, 6.07) is 0.582. The molecule has 0 unspecified atom stereocenters. The highest BCUT2D eigenvalue weighted by atomic mass is 35.5. The van der Waals surface area contributed by atoms with E-state index in [1.165, 1.54) is 0 Å². The van der Waals surface area contributed by atoms with Crippen LogP contribution < -0.4 is 10.6 Å². The highest BCUT2D eigenvalue weighted by Crippen LogP contribution is 2.07. The summed E-state index contributed by atoms with van der Waals surface area (Å²) in [5, 5.41) is 6.67. The smallest absolute Gasteiger partial charge is 0.0865 e. The lowest BCUT2D eigenvalue weighted by atomic mass is 10.2. The van der Waals surface area contributed by atoms with Crippen LogP contribution in [0.15, 0.2) is 0 Å². The Morgan fingerprint density at radius 1 is 1.18 bits per heavy atom. The molecule has 0 radical (unpaired) electrons. The second-order valence-corrected chi connectivity index (χ2v) is 2.63. The van der Waals surface area contributed by atoms with Crippen LogP contribution in [0.25, 0.3) is 0 Å². The van der Waals surface area contributed by atoms with Crippen LogP contribution in [-0.4, -0.2) is 38.4 Å². The first-order valence-electron chi connectivity index (χ1n) is 3.52. The second kappa shape index (κ2) is 5.17. The number of rotatable bonds is 0. The monoisotopic (exact) mass is 200 g/mol. The molecular weight excluding hydrogens is 187 g/mol. The van der Waals surface area contributed by atoms with Gasteiger partial charge >= 0.3 is 0 Å². The van der Waals surface area contributed by atoms with E-state index in [1.807, 2.05) is 0 Å². The Bertz CT molecular complexity index is 103. The van der Waals surface area contributed by atoms with Gasteiger partial charge in [-0.15, -0.1) is 24.8 Å². The lowest BCUT2D eigenvalue weighted by molar-refractivity contribution is 0.0207. The molecule has 68 valence electrons. The molecule has 0 amide bonds. The van der Waals surface area contributed by atoms with Gasteiger partial charge in [0.15, 0.2) is 0 Å². The van der Waals surface area contributed by atoms with E-state index in [2.05, 4.69) is 10.6 Å². The first-order chi connectivity index (χ1) is 4.47. The summed E-state index contributed by atoms with van der Waals surface area (Å²) >= 11 is 0. The maximum atomic E-state index is 5.48. The number of hydrogen-bond donors (Lipinski definition) is 2. The fourth-order valence-corrected chi connectivity index (χ4v) is 1.49. The van der Waals surface area contributed by atoms with Gasteiger partial charge in [-0.25, -0.2) is 0 Å². The van der Waals surface area contributed by atoms with Gasteiger partial charge in [0.2, 0.25) is 0 Å². The summed E-state index contributed by atoms with van der Waals surface area (Å²) in [7, 11) is 0. The third-order valence-electron chi connectivity index (χ3n) is 2.00. The largest absolute Gasteiger partial charge is 0.374 e. The lowest BCUT2D eigenvalue weighted by Gasteiger charge is -2.25. The van der Waals surface area contributed by atoms with Gasteiger partial charge in [-0.3, -0.25) is 0 Å². The number of nitrogens with one attached hydrogen (secondary N) is 2. The molecule has 2 aliphatic rings. The lowest BCUT2D eigenvalue weighted by Crippen LogP contribution is -2.47. The van der Waals surface area contributed by atoms with Crippen LogP contribution in [-0.2, 0) is 4.74 Å². The number of fused-ring (bicyclic) bond motifs is 1. The van der Waals surface area contributed by atoms with Gasteiger partial charge in [0, 0.05) is 25.7 Å². The quantitative estimate of drug-likeness (QED) is 0.569. The Hall–Kier alpha value is 0.460. The van der Waals surface area contributed by atoms with E-state index in [-0.39, 0.29) is 24.8 Å². The van der Waals surface area contributed by atoms with Crippen molar-refractivity contribution in [2.24, 2.45) is 0 Å². The zero-order valence-electron chi connectivity index (χ0n) is 6.21. The predicted molar refractivity (Wildman–Crippen MR) is 48.9 cm³/mol. The van der Waals surface area contributed by atoms with E-state index in [1.54, 1.807) is 0 Å². The molecular formula is C6H14Cl2N2O. The third-order valence-corrected chi connectivity index (χ3v) is 2.00. The van der Waals surface area contributed by atoms with Gasteiger partial charge in [0.05, 0.1) is 12.7 Å². The molecule has 2 saturated heterocycles. The fourth-order valence-electron chi connectivity index (χ4n) is 1.49.